The summed E-state index contributed by atoms with van der Waals surface area (Å²) >= 11 is 11.7. The average molecular weight is 388 g/mol. The maximum atomic E-state index is 12.1. The van der Waals surface area contributed by atoms with Gasteiger partial charge in [0.25, 0.3) is 5.91 Å². The number of hydrogen-bond donors (Lipinski definition) is 3. The highest BCUT2D eigenvalue weighted by Gasteiger charge is 2.32. The van der Waals surface area contributed by atoms with Crippen LogP contribution < -0.4 is 16.0 Å². The van der Waals surface area contributed by atoms with Crippen LogP contribution in [0.3, 0.4) is 0 Å². The number of ether oxygens (including phenoxy) is 1. The van der Waals surface area contributed by atoms with Crippen LogP contribution in [-0.2, 0) is 9.53 Å². The number of halogens is 2. The largest absolute Gasteiger partial charge is 0.384 e. The van der Waals surface area contributed by atoms with Crippen molar-refractivity contribution in [2.75, 3.05) is 39.9 Å². The van der Waals surface area contributed by atoms with Crippen LogP contribution in [-0.4, -0.2) is 51.7 Å². The molecular formula is C17H23Cl2N3O3. The molecule has 8 heteroatoms. The minimum Gasteiger partial charge on any atom is -0.384 e. The van der Waals surface area contributed by atoms with E-state index in [1.807, 2.05) is 0 Å². The molecule has 0 aliphatic carbocycles. The molecule has 0 radical (unpaired) electrons. The lowest BCUT2D eigenvalue weighted by Gasteiger charge is -2.37. The third-order valence-electron chi connectivity index (χ3n) is 4.37. The summed E-state index contributed by atoms with van der Waals surface area (Å²) in [4.78, 5) is 24.1. The highest BCUT2D eigenvalue weighted by Crippen LogP contribution is 2.28. The number of piperidine rings is 1. The van der Waals surface area contributed by atoms with E-state index in [2.05, 4.69) is 16.0 Å². The molecule has 138 valence electrons. The lowest BCUT2D eigenvalue weighted by molar-refractivity contribution is -0.121. The second kappa shape index (κ2) is 9.38. The van der Waals surface area contributed by atoms with Gasteiger partial charge in [-0.15, -0.1) is 0 Å². The van der Waals surface area contributed by atoms with Crippen molar-refractivity contribution in [3.63, 3.8) is 0 Å². The summed E-state index contributed by atoms with van der Waals surface area (Å²) in [6, 6.07) is 4.58. The summed E-state index contributed by atoms with van der Waals surface area (Å²) in [5.74, 6) is -0.607. The number of rotatable bonds is 7. The number of carbonyl (C=O) groups is 2. The number of nitrogens with one attached hydrogen (secondary N) is 3. The summed E-state index contributed by atoms with van der Waals surface area (Å²) in [5.41, 5.74) is 0.306. The maximum absolute atomic E-state index is 12.1. The van der Waals surface area contributed by atoms with Crippen LogP contribution in [0.25, 0.3) is 0 Å². The van der Waals surface area contributed by atoms with Crippen molar-refractivity contribution in [2.45, 2.75) is 12.8 Å². The lowest BCUT2D eigenvalue weighted by Crippen LogP contribution is -2.48. The Morgan fingerprint density at radius 3 is 2.56 bits per heavy atom. The van der Waals surface area contributed by atoms with Crippen molar-refractivity contribution in [3.8, 4) is 0 Å². The molecule has 2 amide bonds. The zero-order valence-electron chi connectivity index (χ0n) is 14.2. The maximum Gasteiger partial charge on any atom is 0.251 e. The fraction of sp³-hybridized carbons (Fsp3) is 0.529. The Morgan fingerprint density at radius 1 is 1.20 bits per heavy atom. The van der Waals surface area contributed by atoms with E-state index in [1.54, 1.807) is 19.2 Å². The molecule has 6 nitrogen and oxygen atoms in total. The van der Waals surface area contributed by atoms with Gasteiger partial charge in [0.05, 0.1) is 23.2 Å². The highest BCUT2D eigenvalue weighted by atomic mass is 35.5. The summed E-state index contributed by atoms with van der Waals surface area (Å²) < 4.78 is 5.32. The molecule has 0 atom stereocenters. The number of carbonyl (C=O) groups excluding carboxylic acids is 2. The van der Waals surface area contributed by atoms with E-state index in [0.29, 0.717) is 28.8 Å². The number of methoxy groups -OCH3 is 1. The molecule has 1 aliphatic rings. The van der Waals surface area contributed by atoms with Crippen molar-refractivity contribution in [2.24, 2.45) is 5.41 Å². The fourth-order valence-electron chi connectivity index (χ4n) is 2.88. The molecule has 1 fully saturated rings. The first-order valence-electron chi connectivity index (χ1n) is 8.15. The van der Waals surface area contributed by atoms with Crippen molar-refractivity contribution in [3.05, 3.63) is 33.8 Å². The summed E-state index contributed by atoms with van der Waals surface area (Å²) in [6.45, 7) is 2.86. The molecule has 0 spiro atoms. The molecule has 1 aromatic carbocycles. The van der Waals surface area contributed by atoms with Crippen molar-refractivity contribution < 1.29 is 14.3 Å². The second-order valence-electron chi connectivity index (χ2n) is 6.27. The number of amides is 2. The zero-order chi connectivity index (χ0) is 18.3. The molecule has 25 heavy (non-hydrogen) atoms. The van der Waals surface area contributed by atoms with Gasteiger partial charge in [0.1, 0.15) is 0 Å². The molecule has 2 rings (SSSR count). The standard InChI is InChI=1S/C17H23Cl2N3O3/c1-25-11-17(4-6-20-7-5-17)10-22-15(23)9-21-16(24)12-2-3-13(18)14(19)8-12/h2-3,8,20H,4-7,9-11H2,1H3,(H,21,24)(H,22,23). The van der Waals surface area contributed by atoms with Gasteiger partial charge in [0.2, 0.25) is 5.91 Å². The van der Waals surface area contributed by atoms with Crippen LogP contribution in [0, 0.1) is 5.41 Å². The number of benzene rings is 1. The van der Waals surface area contributed by atoms with E-state index in [0.717, 1.165) is 25.9 Å². The van der Waals surface area contributed by atoms with Gasteiger partial charge in [-0.1, -0.05) is 23.2 Å². The van der Waals surface area contributed by atoms with Crippen LogP contribution in [0.5, 0.6) is 0 Å². The predicted molar refractivity (Wildman–Crippen MR) is 98.2 cm³/mol. The summed E-state index contributed by atoms with van der Waals surface area (Å²) in [6.07, 6.45) is 1.88. The second-order valence-corrected chi connectivity index (χ2v) is 7.09. The van der Waals surface area contributed by atoms with Gasteiger partial charge in [0.15, 0.2) is 0 Å². The topological polar surface area (TPSA) is 79.5 Å². The molecule has 1 aliphatic heterocycles. The third kappa shape index (κ3) is 5.85. The monoisotopic (exact) mass is 387 g/mol. The van der Waals surface area contributed by atoms with E-state index in [9.17, 15) is 9.59 Å². The molecule has 1 saturated heterocycles. The molecule has 0 bridgehead atoms. The zero-order valence-corrected chi connectivity index (χ0v) is 15.7. The Morgan fingerprint density at radius 2 is 1.92 bits per heavy atom. The number of hydrogen-bond acceptors (Lipinski definition) is 4. The Kier molecular flexibility index (Phi) is 7.50. The van der Waals surface area contributed by atoms with Crippen molar-refractivity contribution in [1.82, 2.24) is 16.0 Å². The van der Waals surface area contributed by atoms with Crippen LogP contribution in [0.1, 0.15) is 23.2 Å². The summed E-state index contributed by atoms with van der Waals surface area (Å²) in [5, 5.41) is 9.46. The minimum atomic E-state index is -0.373. The van der Waals surface area contributed by atoms with Gasteiger partial charge in [-0.25, -0.2) is 0 Å². The molecule has 0 aromatic heterocycles. The van der Waals surface area contributed by atoms with Crippen LogP contribution in [0.4, 0.5) is 0 Å². The molecule has 0 saturated carbocycles. The van der Waals surface area contributed by atoms with Crippen LogP contribution in [0.2, 0.25) is 10.0 Å². The lowest BCUT2D eigenvalue weighted by atomic mass is 9.79. The fourth-order valence-corrected chi connectivity index (χ4v) is 3.18. The van der Waals surface area contributed by atoms with E-state index >= 15 is 0 Å². The first-order valence-corrected chi connectivity index (χ1v) is 8.91. The molecule has 1 heterocycles. The Balaban J connectivity index is 1.81. The molecular weight excluding hydrogens is 365 g/mol. The predicted octanol–water partition coefficient (Wildman–Crippen LogP) is 1.86. The average Bonchev–Trinajstić information content (AvgIpc) is 2.61. The van der Waals surface area contributed by atoms with Crippen molar-refractivity contribution >= 4 is 35.0 Å². The molecule has 1 aromatic rings. The minimum absolute atomic E-state index is 0.0522. The van der Waals surface area contributed by atoms with E-state index < -0.39 is 0 Å². The Labute approximate surface area is 157 Å². The SMILES string of the molecule is COCC1(CNC(=O)CNC(=O)c2ccc(Cl)c(Cl)c2)CCNCC1. The van der Waals surface area contributed by atoms with Gasteiger partial charge in [-0.3, -0.25) is 9.59 Å². The van der Waals surface area contributed by atoms with Gasteiger partial charge in [0, 0.05) is 24.6 Å². The summed E-state index contributed by atoms with van der Waals surface area (Å²) in [7, 11) is 1.67. The van der Waals surface area contributed by atoms with Crippen molar-refractivity contribution in [1.29, 1.82) is 0 Å². The Bertz CT molecular complexity index is 614. The smallest absolute Gasteiger partial charge is 0.251 e. The van der Waals surface area contributed by atoms with E-state index in [1.165, 1.54) is 6.07 Å². The van der Waals surface area contributed by atoms with Gasteiger partial charge in [-0.05, 0) is 44.1 Å². The van der Waals surface area contributed by atoms with E-state index in [-0.39, 0.29) is 23.8 Å². The van der Waals surface area contributed by atoms with Gasteiger partial charge >= 0.3 is 0 Å². The normalized spacial score (nSPS) is 16.3. The molecule has 0 unspecified atom stereocenters. The van der Waals surface area contributed by atoms with Crippen LogP contribution in [0.15, 0.2) is 18.2 Å². The molecule has 3 N–H and O–H groups in total. The Hall–Kier alpha value is -1.34. The highest BCUT2D eigenvalue weighted by molar-refractivity contribution is 6.42. The van der Waals surface area contributed by atoms with Gasteiger partial charge in [-0.2, -0.15) is 0 Å². The first kappa shape index (κ1) is 20.0. The quantitative estimate of drug-likeness (QED) is 0.666. The van der Waals surface area contributed by atoms with E-state index in [4.69, 9.17) is 27.9 Å². The third-order valence-corrected chi connectivity index (χ3v) is 5.11. The first-order chi connectivity index (χ1) is 12.0. The van der Waals surface area contributed by atoms with Crippen LogP contribution >= 0.6 is 23.2 Å². The van der Waals surface area contributed by atoms with Gasteiger partial charge < -0.3 is 20.7 Å².